The van der Waals surface area contributed by atoms with Gasteiger partial charge in [0.2, 0.25) is 12.3 Å². The summed E-state index contributed by atoms with van der Waals surface area (Å²) >= 11 is 0. The molecular weight excluding hydrogens is 514 g/mol. The van der Waals surface area contributed by atoms with Gasteiger partial charge in [-0.2, -0.15) is 10.1 Å². The van der Waals surface area contributed by atoms with Crippen molar-refractivity contribution in [3.8, 4) is 11.5 Å². The van der Waals surface area contributed by atoms with Crippen LogP contribution < -0.4 is 15.5 Å². The fraction of sp³-hybridized carbons (Fsp3) is 0.500. The van der Waals surface area contributed by atoms with Crippen LogP contribution in [0.4, 0.5) is 22.4 Å². The van der Waals surface area contributed by atoms with E-state index in [1.165, 1.54) is 6.39 Å². The Labute approximate surface area is 232 Å². The lowest BCUT2D eigenvalue weighted by Crippen LogP contribution is -2.59. The number of hydrogen-bond acceptors (Lipinski definition) is 11. The molecule has 14 heteroatoms. The van der Waals surface area contributed by atoms with Crippen molar-refractivity contribution < 1.29 is 13.9 Å². The van der Waals surface area contributed by atoms with E-state index in [0.29, 0.717) is 61.8 Å². The zero-order valence-corrected chi connectivity index (χ0v) is 23.4. The molecule has 0 aliphatic carbocycles. The molecule has 1 aliphatic heterocycles. The van der Waals surface area contributed by atoms with Gasteiger partial charge >= 0.3 is 6.03 Å². The third kappa shape index (κ3) is 5.66. The first kappa shape index (κ1) is 27.2. The van der Waals surface area contributed by atoms with E-state index in [0.717, 1.165) is 10.9 Å². The molecule has 1 atom stereocenters. The maximum absolute atomic E-state index is 12.9. The van der Waals surface area contributed by atoms with E-state index in [2.05, 4.69) is 68.5 Å². The number of carbonyl (C=O) groups excluding carboxylic acids is 1. The third-order valence-electron chi connectivity index (χ3n) is 6.90. The molecule has 5 heterocycles. The highest BCUT2D eigenvalue weighted by molar-refractivity contribution is 5.81. The molecule has 1 fully saturated rings. The van der Waals surface area contributed by atoms with Gasteiger partial charge in [0.1, 0.15) is 11.6 Å². The number of nitrogens with one attached hydrogen (secondary N) is 2. The lowest BCUT2D eigenvalue weighted by Gasteiger charge is -2.44. The summed E-state index contributed by atoms with van der Waals surface area (Å²) in [4.78, 5) is 30.9. The number of methoxy groups -OCH3 is 1. The van der Waals surface area contributed by atoms with Crippen molar-refractivity contribution in [2.45, 2.75) is 39.8 Å². The number of rotatable bonds is 9. The van der Waals surface area contributed by atoms with Gasteiger partial charge in [-0.05, 0) is 19.8 Å². The molecule has 14 nitrogen and oxygen atoms in total. The number of carbonyl (C=O) groups is 1. The molecule has 40 heavy (non-hydrogen) atoms. The van der Waals surface area contributed by atoms with Crippen LogP contribution in [-0.4, -0.2) is 91.8 Å². The number of hydrogen-bond donors (Lipinski definition) is 2. The Hall–Kier alpha value is -4.33. The van der Waals surface area contributed by atoms with Crippen molar-refractivity contribution in [2.75, 3.05) is 50.1 Å². The quantitative estimate of drug-likeness (QED) is 0.296. The molecule has 4 aromatic rings. The smallest absolute Gasteiger partial charge is 0.317 e. The molecule has 1 saturated heterocycles. The van der Waals surface area contributed by atoms with Gasteiger partial charge in [0.25, 0.3) is 5.89 Å². The van der Waals surface area contributed by atoms with Crippen LogP contribution >= 0.6 is 0 Å². The summed E-state index contributed by atoms with van der Waals surface area (Å²) in [5.74, 6) is 2.15. The Morgan fingerprint density at radius 3 is 2.75 bits per heavy atom. The minimum absolute atomic E-state index is 0.0430. The lowest BCUT2D eigenvalue weighted by molar-refractivity contribution is 0.140. The van der Waals surface area contributed by atoms with Crippen LogP contribution in [0.25, 0.3) is 22.4 Å². The second kappa shape index (κ2) is 11.8. The van der Waals surface area contributed by atoms with Crippen LogP contribution in [0.15, 0.2) is 35.5 Å². The van der Waals surface area contributed by atoms with Crippen molar-refractivity contribution in [3.05, 3.63) is 31.1 Å². The van der Waals surface area contributed by atoms with Crippen LogP contribution in [0.3, 0.4) is 0 Å². The van der Waals surface area contributed by atoms with Crippen molar-refractivity contribution in [1.29, 1.82) is 0 Å². The molecule has 0 saturated carbocycles. The predicted molar refractivity (Wildman–Crippen MR) is 149 cm³/mol. The third-order valence-corrected chi connectivity index (χ3v) is 6.90. The highest BCUT2D eigenvalue weighted by atomic mass is 16.5. The van der Waals surface area contributed by atoms with Gasteiger partial charge in [0.15, 0.2) is 0 Å². The van der Waals surface area contributed by atoms with Crippen LogP contribution in [0, 0.1) is 5.92 Å². The number of nitrogens with zero attached hydrogens (tertiary/aromatic N) is 9. The van der Waals surface area contributed by atoms with Crippen molar-refractivity contribution in [2.24, 2.45) is 5.92 Å². The molecule has 212 valence electrons. The first-order chi connectivity index (χ1) is 19.4. The van der Waals surface area contributed by atoms with Gasteiger partial charge in [0, 0.05) is 63.2 Å². The van der Waals surface area contributed by atoms with E-state index in [1.54, 1.807) is 19.5 Å². The van der Waals surface area contributed by atoms with Gasteiger partial charge in [-0.1, -0.05) is 13.8 Å². The van der Waals surface area contributed by atoms with E-state index >= 15 is 0 Å². The molecule has 5 rings (SSSR count). The van der Waals surface area contributed by atoms with Crippen molar-refractivity contribution in [1.82, 2.24) is 45.1 Å². The summed E-state index contributed by atoms with van der Waals surface area (Å²) in [6, 6.07) is 2.00. The molecule has 0 bridgehead atoms. The standard InChI is InChI=1S/C26H35N11O3/c1-16(2)21-14-35(7-8-36(21)26(38)27-6-9-39-5)23-19(24-34-30-15-40-24)13-29-25(33-23)32-22-10-20-18(11-28-22)12-31-37(20)17(3)4/h10-13,15-17,21H,6-9,14H2,1-5H3,(H,27,38)(H,28,29,32,33)/t21-/m1/s1. The number of aromatic nitrogens is 7. The Morgan fingerprint density at radius 2 is 2.02 bits per heavy atom. The Bertz CT molecular complexity index is 1440. The minimum Gasteiger partial charge on any atom is -0.423 e. The SMILES string of the molecule is COCCNC(=O)N1CCN(c2nc(Nc3cc4c(cn3)cnn4C(C)C)ncc2-c2nnco2)C[C@@H]1C(C)C. The number of ether oxygens (including phenoxy) is 1. The number of fused-ring (bicyclic) bond motifs is 1. The van der Waals surface area contributed by atoms with Crippen LogP contribution in [0.5, 0.6) is 0 Å². The second-order valence-electron chi connectivity index (χ2n) is 10.3. The van der Waals surface area contributed by atoms with Gasteiger partial charge in [0.05, 0.1) is 29.9 Å². The molecule has 0 spiro atoms. The second-order valence-corrected chi connectivity index (χ2v) is 10.3. The molecule has 1 aliphatic rings. The largest absolute Gasteiger partial charge is 0.423 e. The average molecular weight is 550 g/mol. The van der Waals surface area contributed by atoms with Gasteiger partial charge < -0.3 is 29.6 Å². The molecule has 0 unspecified atom stereocenters. The zero-order valence-electron chi connectivity index (χ0n) is 23.4. The summed E-state index contributed by atoms with van der Waals surface area (Å²) in [6.07, 6.45) is 6.54. The molecule has 0 radical (unpaired) electrons. The van der Waals surface area contributed by atoms with Gasteiger partial charge in [-0.3, -0.25) is 4.68 Å². The molecule has 0 aromatic carbocycles. The van der Waals surface area contributed by atoms with E-state index in [-0.39, 0.29) is 24.0 Å². The summed E-state index contributed by atoms with van der Waals surface area (Å²) in [6.45, 7) is 11.0. The van der Waals surface area contributed by atoms with Gasteiger partial charge in [-0.25, -0.2) is 14.8 Å². The Kier molecular flexibility index (Phi) is 8.05. The van der Waals surface area contributed by atoms with Crippen LogP contribution in [-0.2, 0) is 4.74 Å². The number of anilines is 3. The molecule has 2 amide bonds. The zero-order chi connectivity index (χ0) is 28.2. The first-order valence-electron chi connectivity index (χ1n) is 13.4. The fourth-order valence-corrected chi connectivity index (χ4v) is 4.84. The van der Waals surface area contributed by atoms with Crippen LogP contribution in [0.1, 0.15) is 33.7 Å². The average Bonchev–Trinajstić information content (AvgIpc) is 3.63. The maximum Gasteiger partial charge on any atom is 0.317 e. The maximum atomic E-state index is 12.9. The van der Waals surface area contributed by atoms with Crippen LogP contribution in [0.2, 0.25) is 0 Å². The first-order valence-corrected chi connectivity index (χ1v) is 13.4. The summed E-state index contributed by atoms with van der Waals surface area (Å²) < 4.78 is 12.5. The van der Waals surface area contributed by atoms with Gasteiger partial charge in [-0.15, -0.1) is 10.2 Å². The summed E-state index contributed by atoms with van der Waals surface area (Å²) in [7, 11) is 1.61. The highest BCUT2D eigenvalue weighted by Crippen LogP contribution is 2.31. The number of piperazine rings is 1. The summed E-state index contributed by atoms with van der Waals surface area (Å²) in [5, 5.41) is 19.5. The van der Waals surface area contributed by atoms with E-state index in [4.69, 9.17) is 14.1 Å². The van der Waals surface area contributed by atoms with Crippen molar-refractivity contribution in [3.63, 3.8) is 0 Å². The number of urea groups is 1. The van der Waals surface area contributed by atoms with Crippen molar-refractivity contribution >= 4 is 34.5 Å². The predicted octanol–water partition coefficient (Wildman–Crippen LogP) is 3.10. The minimum atomic E-state index is -0.0975. The lowest BCUT2D eigenvalue weighted by atomic mass is 9.99. The van der Waals surface area contributed by atoms with E-state index < -0.39 is 0 Å². The molecule has 2 N–H and O–H groups in total. The number of amides is 2. The highest BCUT2D eigenvalue weighted by Gasteiger charge is 2.34. The van der Waals surface area contributed by atoms with E-state index in [9.17, 15) is 4.79 Å². The summed E-state index contributed by atoms with van der Waals surface area (Å²) in [5.41, 5.74) is 1.58. The Balaban J connectivity index is 1.43. The number of pyridine rings is 1. The Morgan fingerprint density at radius 1 is 1.18 bits per heavy atom. The monoisotopic (exact) mass is 549 g/mol. The molecule has 4 aromatic heterocycles. The fourth-order valence-electron chi connectivity index (χ4n) is 4.84. The molecular formula is C26H35N11O3. The normalized spacial score (nSPS) is 15.8. The topological polar surface area (TPSA) is 152 Å². The van der Waals surface area contributed by atoms with E-state index in [1.807, 2.05) is 21.8 Å².